The minimum atomic E-state index is 0.436. The Morgan fingerprint density at radius 1 is 1.16 bits per heavy atom. The van der Waals surface area contributed by atoms with Crippen molar-refractivity contribution in [3.8, 4) is 17.4 Å². The largest absolute Gasteiger partial charge is 0.481 e. The fourth-order valence-electron chi connectivity index (χ4n) is 1.47. The number of aromatic nitrogens is 4. The fraction of sp³-hybridized carbons (Fsp3) is 0.385. The molecule has 2 aromatic rings. The topological polar surface area (TPSA) is 72.8 Å². The van der Waals surface area contributed by atoms with Crippen LogP contribution in [-0.4, -0.2) is 33.1 Å². The molecule has 0 bridgehead atoms. The van der Waals surface area contributed by atoms with Gasteiger partial charge in [0, 0.05) is 36.6 Å². The zero-order chi connectivity index (χ0) is 13.7. The van der Waals surface area contributed by atoms with Crippen molar-refractivity contribution >= 4 is 0 Å². The van der Waals surface area contributed by atoms with E-state index >= 15 is 0 Å². The maximum Gasteiger partial charge on any atom is 0.216 e. The summed E-state index contributed by atoms with van der Waals surface area (Å²) in [6.45, 7) is 4.95. The molecule has 0 fully saturated rings. The van der Waals surface area contributed by atoms with E-state index in [9.17, 15) is 0 Å². The highest BCUT2D eigenvalue weighted by Crippen LogP contribution is 2.15. The Morgan fingerprint density at radius 3 is 2.53 bits per heavy atom. The molecule has 2 heterocycles. The minimum Gasteiger partial charge on any atom is -0.481 e. The summed E-state index contributed by atoms with van der Waals surface area (Å²) in [5.74, 6) is 1.06. The Morgan fingerprint density at radius 2 is 1.89 bits per heavy atom. The van der Waals surface area contributed by atoms with Crippen LogP contribution in [0.5, 0.6) is 5.88 Å². The summed E-state index contributed by atoms with van der Waals surface area (Å²) >= 11 is 0. The summed E-state index contributed by atoms with van der Waals surface area (Å²) < 4.78 is 5.05. The number of methoxy groups -OCH3 is 1. The van der Waals surface area contributed by atoms with Crippen molar-refractivity contribution in [1.29, 1.82) is 0 Å². The summed E-state index contributed by atoms with van der Waals surface area (Å²) in [5.41, 5.74) is 1.69. The smallest absolute Gasteiger partial charge is 0.216 e. The first-order valence-electron chi connectivity index (χ1n) is 6.09. The van der Waals surface area contributed by atoms with Gasteiger partial charge in [-0.25, -0.2) is 19.9 Å². The van der Waals surface area contributed by atoms with Gasteiger partial charge in [-0.1, -0.05) is 13.8 Å². The van der Waals surface area contributed by atoms with Crippen molar-refractivity contribution in [2.75, 3.05) is 7.11 Å². The Labute approximate surface area is 112 Å². The van der Waals surface area contributed by atoms with Crippen LogP contribution >= 0.6 is 0 Å². The van der Waals surface area contributed by atoms with E-state index < -0.39 is 0 Å². The van der Waals surface area contributed by atoms with Gasteiger partial charge in [-0.05, 0) is 0 Å². The molecule has 0 radical (unpaired) electrons. The third-order valence-corrected chi connectivity index (χ3v) is 2.50. The highest BCUT2D eigenvalue weighted by Gasteiger charge is 2.05. The third kappa shape index (κ3) is 3.69. The van der Waals surface area contributed by atoms with Crippen LogP contribution in [0.1, 0.15) is 19.4 Å². The van der Waals surface area contributed by atoms with Crippen LogP contribution in [0.15, 0.2) is 24.8 Å². The number of hydrogen-bond donors (Lipinski definition) is 1. The van der Waals surface area contributed by atoms with Gasteiger partial charge in [-0.3, -0.25) is 0 Å². The van der Waals surface area contributed by atoms with Gasteiger partial charge in [0.1, 0.15) is 12.0 Å². The highest BCUT2D eigenvalue weighted by atomic mass is 16.5. The molecule has 6 heteroatoms. The molecule has 0 spiro atoms. The molecule has 0 aliphatic heterocycles. The SMILES string of the molecule is COc1cc(-c2ncc(CNC(C)C)cn2)ncn1. The lowest BCUT2D eigenvalue weighted by molar-refractivity contribution is 0.397. The standard InChI is InChI=1S/C13H17N5O/c1-9(2)14-5-10-6-15-13(16-7-10)11-4-12(19-3)18-8-17-11/h4,6-9,14H,5H2,1-3H3. The van der Waals surface area contributed by atoms with Crippen molar-refractivity contribution < 1.29 is 4.74 Å². The van der Waals surface area contributed by atoms with Gasteiger partial charge < -0.3 is 10.1 Å². The summed E-state index contributed by atoms with van der Waals surface area (Å²) in [6, 6.07) is 2.15. The summed E-state index contributed by atoms with van der Waals surface area (Å²) in [7, 11) is 1.56. The second-order valence-electron chi connectivity index (χ2n) is 4.40. The van der Waals surface area contributed by atoms with E-state index in [1.807, 2.05) is 0 Å². The van der Waals surface area contributed by atoms with E-state index in [-0.39, 0.29) is 0 Å². The van der Waals surface area contributed by atoms with Crippen LogP contribution < -0.4 is 10.1 Å². The molecule has 2 rings (SSSR count). The quantitative estimate of drug-likeness (QED) is 0.876. The van der Waals surface area contributed by atoms with E-state index in [1.165, 1.54) is 6.33 Å². The van der Waals surface area contributed by atoms with Crippen LogP contribution in [0.4, 0.5) is 0 Å². The Bertz CT molecular complexity index is 527. The van der Waals surface area contributed by atoms with Gasteiger partial charge in [-0.2, -0.15) is 0 Å². The Balaban J connectivity index is 2.13. The summed E-state index contributed by atoms with van der Waals surface area (Å²) in [6.07, 6.45) is 5.03. The van der Waals surface area contributed by atoms with Crippen LogP contribution in [0.2, 0.25) is 0 Å². The van der Waals surface area contributed by atoms with Crippen LogP contribution in [0.3, 0.4) is 0 Å². The first kappa shape index (κ1) is 13.4. The van der Waals surface area contributed by atoms with Crippen LogP contribution in [-0.2, 0) is 6.54 Å². The molecular formula is C13H17N5O. The lowest BCUT2D eigenvalue weighted by atomic mass is 10.3. The third-order valence-electron chi connectivity index (χ3n) is 2.50. The van der Waals surface area contributed by atoms with Gasteiger partial charge in [0.15, 0.2) is 5.82 Å². The molecule has 100 valence electrons. The molecule has 0 unspecified atom stereocenters. The second-order valence-corrected chi connectivity index (χ2v) is 4.40. The average Bonchev–Trinajstić information content (AvgIpc) is 2.45. The van der Waals surface area contributed by atoms with E-state index in [1.54, 1.807) is 25.6 Å². The second kappa shape index (κ2) is 6.19. The van der Waals surface area contributed by atoms with Crippen molar-refractivity contribution in [1.82, 2.24) is 25.3 Å². The summed E-state index contributed by atoms with van der Waals surface area (Å²) in [5, 5.41) is 3.31. The van der Waals surface area contributed by atoms with Gasteiger partial charge in [0.05, 0.1) is 7.11 Å². The van der Waals surface area contributed by atoms with Gasteiger partial charge in [0.25, 0.3) is 0 Å². The van der Waals surface area contributed by atoms with Crippen LogP contribution in [0.25, 0.3) is 11.5 Å². The van der Waals surface area contributed by atoms with Gasteiger partial charge in [-0.15, -0.1) is 0 Å². The number of ether oxygens (including phenoxy) is 1. The Hall–Kier alpha value is -2.08. The Kier molecular flexibility index (Phi) is 4.35. The number of rotatable bonds is 5. The van der Waals surface area contributed by atoms with E-state index in [0.29, 0.717) is 23.4 Å². The molecule has 0 atom stereocenters. The molecule has 0 aliphatic carbocycles. The average molecular weight is 259 g/mol. The normalized spacial score (nSPS) is 10.7. The first-order valence-corrected chi connectivity index (χ1v) is 6.09. The number of nitrogens with one attached hydrogen (secondary N) is 1. The van der Waals surface area contributed by atoms with Gasteiger partial charge >= 0.3 is 0 Å². The molecular weight excluding hydrogens is 242 g/mol. The predicted octanol–water partition coefficient (Wildman–Crippen LogP) is 1.44. The molecule has 19 heavy (non-hydrogen) atoms. The number of nitrogens with zero attached hydrogens (tertiary/aromatic N) is 4. The monoisotopic (exact) mass is 259 g/mol. The van der Waals surface area contributed by atoms with Crippen molar-refractivity contribution in [2.45, 2.75) is 26.4 Å². The molecule has 1 N–H and O–H groups in total. The molecule has 0 saturated carbocycles. The molecule has 6 nitrogen and oxygen atoms in total. The van der Waals surface area contributed by atoms with Gasteiger partial charge in [0.2, 0.25) is 5.88 Å². The summed E-state index contributed by atoms with van der Waals surface area (Å²) in [4.78, 5) is 16.7. The minimum absolute atomic E-state index is 0.436. The molecule has 2 aromatic heterocycles. The lowest BCUT2D eigenvalue weighted by Crippen LogP contribution is -2.22. The highest BCUT2D eigenvalue weighted by molar-refractivity contribution is 5.49. The maximum absolute atomic E-state index is 5.05. The van der Waals surface area contributed by atoms with E-state index in [4.69, 9.17) is 4.74 Å². The number of hydrogen-bond acceptors (Lipinski definition) is 6. The zero-order valence-corrected chi connectivity index (χ0v) is 11.3. The van der Waals surface area contributed by atoms with E-state index in [0.717, 1.165) is 12.1 Å². The van der Waals surface area contributed by atoms with E-state index in [2.05, 4.69) is 39.1 Å². The first-order chi connectivity index (χ1) is 9.19. The maximum atomic E-state index is 5.05. The molecule has 0 aliphatic rings. The van der Waals surface area contributed by atoms with Crippen molar-refractivity contribution in [3.63, 3.8) is 0 Å². The zero-order valence-electron chi connectivity index (χ0n) is 11.3. The fourth-order valence-corrected chi connectivity index (χ4v) is 1.47. The predicted molar refractivity (Wildman–Crippen MR) is 71.6 cm³/mol. The molecule has 0 aromatic carbocycles. The lowest BCUT2D eigenvalue weighted by Gasteiger charge is -2.07. The van der Waals surface area contributed by atoms with Crippen molar-refractivity contribution in [3.05, 3.63) is 30.4 Å². The van der Waals surface area contributed by atoms with Crippen molar-refractivity contribution in [2.24, 2.45) is 0 Å². The molecule has 0 saturated heterocycles. The molecule has 0 amide bonds. The van der Waals surface area contributed by atoms with Crippen LogP contribution in [0, 0.1) is 0 Å².